The van der Waals surface area contributed by atoms with E-state index in [2.05, 4.69) is 33.1 Å². The van der Waals surface area contributed by atoms with E-state index in [9.17, 15) is 14.9 Å². The second kappa shape index (κ2) is 9.88. The minimum atomic E-state index is -0.634. The summed E-state index contributed by atoms with van der Waals surface area (Å²) in [5.41, 5.74) is 2.81. The summed E-state index contributed by atoms with van der Waals surface area (Å²) >= 11 is 2.11. The number of nitro groups is 1. The summed E-state index contributed by atoms with van der Waals surface area (Å²) in [6, 6.07) is 7.29. The van der Waals surface area contributed by atoms with Gasteiger partial charge in [0.1, 0.15) is 5.75 Å². The maximum absolute atomic E-state index is 12.4. The van der Waals surface area contributed by atoms with Gasteiger partial charge < -0.3 is 14.2 Å². The average Bonchev–Trinajstić information content (AvgIpc) is 2.67. The van der Waals surface area contributed by atoms with Gasteiger partial charge in [0, 0.05) is 12.1 Å². The quantitative estimate of drug-likeness (QED) is 0.258. The molecule has 1 amide bonds. The molecule has 28 heavy (non-hydrogen) atoms. The molecule has 2 rings (SSSR count). The molecule has 10 heteroatoms. The van der Waals surface area contributed by atoms with Crippen molar-refractivity contribution in [2.75, 3.05) is 20.8 Å². The molecule has 148 valence electrons. The largest absolute Gasteiger partial charge is 0.496 e. The van der Waals surface area contributed by atoms with Crippen molar-refractivity contribution in [1.82, 2.24) is 5.43 Å². The van der Waals surface area contributed by atoms with Gasteiger partial charge in [-0.15, -0.1) is 0 Å². The smallest absolute Gasteiger partial charge is 0.275 e. The van der Waals surface area contributed by atoms with Gasteiger partial charge in [-0.1, -0.05) is 0 Å². The topological polar surface area (TPSA) is 112 Å². The SMILES string of the molecule is CCOc1cc(/C=N\NC(=O)c2cc([N+](=O)[O-])ccc2OC)cc(I)c1OC. The Balaban J connectivity index is 2.22. The number of ether oxygens (including phenoxy) is 3. The highest BCUT2D eigenvalue weighted by Gasteiger charge is 2.17. The summed E-state index contributed by atoms with van der Waals surface area (Å²) in [5, 5.41) is 14.8. The van der Waals surface area contributed by atoms with Gasteiger partial charge in [-0.2, -0.15) is 5.10 Å². The van der Waals surface area contributed by atoms with Crippen molar-refractivity contribution in [3.63, 3.8) is 0 Å². The van der Waals surface area contributed by atoms with Crippen molar-refractivity contribution >= 4 is 40.4 Å². The van der Waals surface area contributed by atoms with Crippen LogP contribution in [-0.4, -0.2) is 37.9 Å². The molecule has 0 radical (unpaired) electrons. The third-order valence-corrected chi connectivity index (χ3v) is 4.36. The Kier molecular flexibility index (Phi) is 7.55. The summed E-state index contributed by atoms with van der Waals surface area (Å²) in [7, 11) is 2.93. The Bertz CT molecular complexity index is 916. The molecule has 0 aliphatic rings. The number of benzene rings is 2. The van der Waals surface area contributed by atoms with Crippen molar-refractivity contribution in [2.24, 2.45) is 5.10 Å². The van der Waals surface area contributed by atoms with E-state index in [0.717, 1.165) is 9.64 Å². The van der Waals surface area contributed by atoms with Crippen molar-refractivity contribution in [2.45, 2.75) is 6.92 Å². The van der Waals surface area contributed by atoms with Crippen LogP contribution in [0.25, 0.3) is 0 Å². The summed E-state index contributed by atoms with van der Waals surface area (Å²) in [5.74, 6) is 0.746. The van der Waals surface area contributed by atoms with Gasteiger partial charge in [0.25, 0.3) is 11.6 Å². The first-order valence-corrected chi connectivity index (χ1v) is 9.15. The van der Waals surface area contributed by atoms with Gasteiger partial charge in [0.05, 0.1) is 41.1 Å². The first-order chi connectivity index (χ1) is 13.4. The van der Waals surface area contributed by atoms with Crippen LogP contribution in [0.15, 0.2) is 35.4 Å². The average molecular weight is 499 g/mol. The van der Waals surface area contributed by atoms with Crippen LogP contribution in [0.1, 0.15) is 22.8 Å². The Hall–Kier alpha value is -2.89. The Morgan fingerprint density at radius 1 is 1.25 bits per heavy atom. The van der Waals surface area contributed by atoms with Crippen LogP contribution < -0.4 is 19.6 Å². The molecule has 0 saturated heterocycles. The van der Waals surface area contributed by atoms with Crippen LogP contribution in [0.3, 0.4) is 0 Å². The fourth-order valence-electron chi connectivity index (χ4n) is 2.34. The summed E-state index contributed by atoms with van der Waals surface area (Å²) in [4.78, 5) is 22.7. The number of hydrogen-bond donors (Lipinski definition) is 1. The van der Waals surface area contributed by atoms with Crippen LogP contribution in [0.5, 0.6) is 17.2 Å². The van der Waals surface area contributed by atoms with Crippen LogP contribution >= 0.6 is 22.6 Å². The number of nitro benzene ring substituents is 1. The third-order valence-electron chi connectivity index (χ3n) is 3.55. The fraction of sp³-hybridized carbons (Fsp3) is 0.222. The minimum Gasteiger partial charge on any atom is -0.496 e. The number of non-ortho nitro benzene ring substituents is 1. The molecule has 0 aliphatic carbocycles. The number of hydrazone groups is 1. The molecular weight excluding hydrogens is 481 g/mol. The van der Waals surface area contributed by atoms with Gasteiger partial charge >= 0.3 is 0 Å². The van der Waals surface area contributed by atoms with E-state index in [4.69, 9.17) is 14.2 Å². The van der Waals surface area contributed by atoms with Gasteiger partial charge in [0.2, 0.25) is 0 Å². The maximum Gasteiger partial charge on any atom is 0.275 e. The lowest BCUT2D eigenvalue weighted by atomic mass is 10.1. The van der Waals surface area contributed by atoms with Gasteiger partial charge in [0.15, 0.2) is 11.5 Å². The summed E-state index contributed by atoms with van der Waals surface area (Å²) in [6.45, 7) is 2.33. The van der Waals surface area contributed by atoms with Crippen LogP contribution in [0.4, 0.5) is 5.69 Å². The number of hydrogen-bond acceptors (Lipinski definition) is 7. The zero-order valence-corrected chi connectivity index (χ0v) is 17.6. The Morgan fingerprint density at radius 3 is 2.61 bits per heavy atom. The van der Waals surface area contributed by atoms with E-state index in [-0.39, 0.29) is 17.0 Å². The number of halogens is 1. The van der Waals surface area contributed by atoms with E-state index in [0.29, 0.717) is 23.7 Å². The molecule has 2 aromatic rings. The lowest BCUT2D eigenvalue weighted by Gasteiger charge is -2.11. The monoisotopic (exact) mass is 499 g/mol. The predicted molar refractivity (Wildman–Crippen MR) is 112 cm³/mol. The van der Waals surface area contributed by atoms with Crippen molar-refractivity contribution in [1.29, 1.82) is 0 Å². The number of rotatable bonds is 8. The standard InChI is InChI=1S/C18H18IN3O6/c1-4-28-16-8-11(7-14(19)17(16)27-3)10-20-21-18(23)13-9-12(22(24)25)5-6-15(13)26-2/h5-10H,4H2,1-3H3,(H,21,23)/b20-10-. The van der Waals surface area contributed by atoms with Crippen molar-refractivity contribution in [3.8, 4) is 17.2 Å². The summed E-state index contributed by atoms with van der Waals surface area (Å²) < 4.78 is 16.8. The third kappa shape index (κ3) is 5.09. The second-order valence-corrected chi connectivity index (χ2v) is 6.47. The van der Waals surface area contributed by atoms with Crippen LogP contribution in [0.2, 0.25) is 0 Å². The number of methoxy groups -OCH3 is 2. The van der Waals surface area contributed by atoms with E-state index < -0.39 is 10.8 Å². The molecule has 2 aromatic carbocycles. The highest BCUT2D eigenvalue weighted by molar-refractivity contribution is 14.1. The van der Waals surface area contributed by atoms with E-state index in [1.54, 1.807) is 13.2 Å². The molecule has 1 N–H and O–H groups in total. The van der Waals surface area contributed by atoms with Crippen LogP contribution in [0, 0.1) is 13.7 Å². The molecule has 0 atom stereocenters. The van der Waals surface area contributed by atoms with Crippen molar-refractivity contribution in [3.05, 3.63) is 55.1 Å². The highest BCUT2D eigenvalue weighted by atomic mass is 127. The number of carbonyl (C=O) groups is 1. The molecule has 0 spiro atoms. The zero-order valence-electron chi connectivity index (χ0n) is 15.4. The lowest BCUT2D eigenvalue weighted by molar-refractivity contribution is -0.384. The minimum absolute atomic E-state index is 0.00756. The molecule has 0 aromatic heterocycles. The number of amides is 1. The van der Waals surface area contributed by atoms with Gasteiger partial charge in [-0.25, -0.2) is 5.43 Å². The Morgan fingerprint density at radius 2 is 2.00 bits per heavy atom. The maximum atomic E-state index is 12.4. The van der Waals surface area contributed by atoms with Crippen molar-refractivity contribution < 1.29 is 23.9 Å². The van der Waals surface area contributed by atoms with Gasteiger partial charge in [-0.05, 0) is 53.3 Å². The van der Waals surface area contributed by atoms with E-state index in [1.165, 1.54) is 25.5 Å². The molecule has 0 heterocycles. The zero-order chi connectivity index (χ0) is 20.7. The fourth-order valence-corrected chi connectivity index (χ4v) is 3.18. The molecule has 0 unspecified atom stereocenters. The molecule has 0 saturated carbocycles. The van der Waals surface area contributed by atoms with Crippen LogP contribution in [-0.2, 0) is 0 Å². The molecule has 0 aliphatic heterocycles. The Labute approximate surface area is 175 Å². The van der Waals surface area contributed by atoms with E-state index >= 15 is 0 Å². The highest BCUT2D eigenvalue weighted by Crippen LogP contribution is 2.33. The first-order valence-electron chi connectivity index (χ1n) is 8.07. The van der Waals surface area contributed by atoms with Gasteiger partial charge in [-0.3, -0.25) is 14.9 Å². The molecular formula is C18H18IN3O6. The normalized spacial score (nSPS) is 10.6. The molecule has 0 bridgehead atoms. The first kappa shape index (κ1) is 21.4. The lowest BCUT2D eigenvalue weighted by Crippen LogP contribution is -2.18. The second-order valence-electron chi connectivity index (χ2n) is 5.31. The number of nitrogens with one attached hydrogen (secondary N) is 1. The number of carbonyl (C=O) groups excluding carboxylic acids is 1. The predicted octanol–water partition coefficient (Wildman–Crippen LogP) is 3.38. The molecule has 9 nitrogen and oxygen atoms in total. The van der Waals surface area contributed by atoms with E-state index in [1.807, 2.05) is 13.0 Å². The number of nitrogens with zero attached hydrogens (tertiary/aromatic N) is 2. The molecule has 0 fully saturated rings. The summed E-state index contributed by atoms with van der Waals surface area (Å²) in [6.07, 6.45) is 1.44.